The summed E-state index contributed by atoms with van der Waals surface area (Å²) in [6.45, 7) is 0. The molecule has 0 spiro atoms. The predicted octanol–water partition coefficient (Wildman–Crippen LogP) is 2.62. The van der Waals surface area contributed by atoms with Gasteiger partial charge in [-0.25, -0.2) is 4.79 Å². The molecule has 22 heavy (non-hydrogen) atoms. The molecule has 1 saturated carbocycles. The molecule has 112 valence electrons. The minimum atomic E-state index is -0.220. The molecule has 3 amide bonds. The summed E-state index contributed by atoms with van der Waals surface area (Å²) in [4.78, 5) is 27.6. The molecule has 1 fully saturated rings. The number of nitrogens with zero attached hydrogens (tertiary/aromatic N) is 1. The molecule has 0 aliphatic heterocycles. The number of anilines is 2. The third-order valence-corrected chi connectivity index (χ3v) is 3.24. The summed E-state index contributed by atoms with van der Waals surface area (Å²) in [7, 11) is 0. The molecule has 0 saturated heterocycles. The van der Waals surface area contributed by atoms with Crippen molar-refractivity contribution in [2.24, 2.45) is 0 Å². The minimum absolute atomic E-state index is 0.213. The van der Waals surface area contributed by atoms with E-state index in [0.717, 1.165) is 12.8 Å². The molecule has 1 aliphatic rings. The van der Waals surface area contributed by atoms with Gasteiger partial charge in [-0.3, -0.25) is 9.78 Å². The summed E-state index contributed by atoms with van der Waals surface area (Å²) in [6.07, 6.45) is 5.31. The van der Waals surface area contributed by atoms with E-state index in [1.165, 1.54) is 0 Å². The van der Waals surface area contributed by atoms with Gasteiger partial charge in [0.15, 0.2) is 0 Å². The van der Waals surface area contributed by atoms with Crippen molar-refractivity contribution in [2.45, 2.75) is 18.9 Å². The Bertz CT molecular complexity index is 666. The van der Waals surface area contributed by atoms with Crippen LogP contribution in [0.15, 0.2) is 48.8 Å². The molecule has 0 bridgehead atoms. The molecule has 1 aromatic heterocycles. The first-order valence-corrected chi connectivity index (χ1v) is 7.10. The van der Waals surface area contributed by atoms with Crippen molar-refractivity contribution >= 4 is 23.3 Å². The standard InChI is InChI=1S/C16H16N4O2/c21-15(18-14-2-1-9-17-10-14)11-3-5-12(6-4-11)19-16(22)20-13-7-8-13/h1-6,9-10,13H,7-8H2,(H,18,21)(H2,19,20,22). The van der Waals surface area contributed by atoms with Crippen LogP contribution in [0.25, 0.3) is 0 Å². The van der Waals surface area contributed by atoms with Gasteiger partial charge in [-0.2, -0.15) is 0 Å². The van der Waals surface area contributed by atoms with Crippen LogP contribution >= 0.6 is 0 Å². The fraction of sp³-hybridized carbons (Fsp3) is 0.188. The number of carbonyl (C=O) groups excluding carboxylic acids is 2. The van der Waals surface area contributed by atoms with Crippen molar-refractivity contribution in [3.8, 4) is 0 Å². The van der Waals surface area contributed by atoms with Gasteiger partial charge in [0.25, 0.3) is 5.91 Å². The van der Waals surface area contributed by atoms with Crippen LogP contribution in [-0.2, 0) is 0 Å². The van der Waals surface area contributed by atoms with Crippen molar-refractivity contribution in [1.29, 1.82) is 0 Å². The SMILES string of the molecule is O=C(Nc1ccc(C(=O)Nc2cccnc2)cc1)NC1CC1. The lowest BCUT2D eigenvalue weighted by molar-refractivity contribution is 0.102. The molecule has 0 unspecified atom stereocenters. The fourth-order valence-electron chi connectivity index (χ4n) is 1.93. The number of carbonyl (C=O) groups is 2. The van der Waals surface area contributed by atoms with Gasteiger partial charge in [-0.05, 0) is 49.2 Å². The first-order chi connectivity index (χ1) is 10.7. The molecule has 3 N–H and O–H groups in total. The number of hydrogen-bond acceptors (Lipinski definition) is 3. The second-order valence-electron chi connectivity index (χ2n) is 5.15. The molecule has 6 nitrogen and oxygen atoms in total. The number of rotatable bonds is 4. The number of aromatic nitrogens is 1. The van der Waals surface area contributed by atoms with Crippen LogP contribution in [0.4, 0.5) is 16.2 Å². The lowest BCUT2D eigenvalue weighted by Gasteiger charge is -2.08. The molecular formula is C16H16N4O2. The minimum Gasteiger partial charge on any atom is -0.335 e. The molecule has 2 aromatic rings. The summed E-state index contributed by atoms with van der Waals surface area (Å²) in [5, 5.41) is 8.33. The van der Waals surface area contributed by atoms with Crippen molar-refractivity contribution in [3.63, 3.8) is 0 Å². The smallest absolute Gasteiger partial charge is 0.319 e. The molecule has 3 rings (SSSR count). The Morgan fingerprint density at radius 2 is 1.77 bits per heavy atom. The third kappa shape index (κ3) is 3.82. The van der Waals surface area contributed by atoms with Crippen LogP contribution in [0.2, 0.25) is 0 Å². The number of benzene rings is 1. The van der Waals surface area contributed by atoms with Gasteiger partial charge in [0, 0.05) is 23.5 Å². The highest BCUT2D eigenvalue weighted by molar-refractivity contribution is 6.04. The van der Waals surface area contributed by atoms with Gasteiger partial charge in [-0.1, -0.05) is 0 Å². The molecule has 0 radical (unpaired) electrons. The van der Waals surface area contributed by atoms with Gasteiger partial charge in [-0.15, -0.1) is 0 Å². The van der Waals surface area contributed by atoms with E-state index in [-0.39, 0.29) is 11.9 Å². The number of nitrogens with one attached hydrogen (secondary N) is 3. The number of urea groups is 1. The van der Waals surface area contributed by atoms with Gasteiger partial charge in [0.1, 0.15) is 0 Å². The van der Waals surface area contributed by atoms with Crippen molar-refractivity contribution in [2.75, 3.05) is 10.6 Å². The first kappa shape index (κ1) is 14.1. The van der Waals surface area contributed by atoms with Crippen LogP contribution in [-0.4, -0.2) is 23.0 Å². The second-order valence-corrected chi connectivity index (χ2v) is 5.15. The molecule has 6 heteroatoms. The molecular weight excluding hydrogens is 280 g/mol. The maximum atomic E-state index is 12.1. The Kier molecular flexibility index (Phi) is 4.00. The van der Waals surface area contributed by atoms with Gasteiger partial charge >= 0.3 is 6.03 Å². The van der Waals surface area contributed by atoms with Crippen LogP contribution < -0.4 is 16.0 Å². The van der Waals surface area contributed by atoms with E-state index in [4.69, 9.17) is 0 Å². The third-order valence-electron chi connectivity index (χ3n) is 3.24. The van der Waals surface area contributed by atoms with E-state index in [9.17, 15) is 9.59 Å². The zero-order valence-corrected chi connectivity index (χ0v) is 11.9. The van der Waals surface area contributed by atoms with Crippen LogP contribution in [0.3, 0.4) is 0 Å². The quantitative estimate of drug-likeness (QED) is 0.811. The molecule has 1 heterocycles. The van der Waals surface area contributed by atoms with E-state index in [1.54, 1.807) is 48.8 Å². The Balaban J connectivity index is 1.58. The molecule has 0 atom stereocenters. The second kappa shape index (κ2) is 6.26. The van der Waals surface area contributed by atoms with Gasteiger partial charge < -0.3 is 16.0 Å². The predicted molar refractivity (Wildman–Crippen MR) is 83.8 cm³/mol. The van der Waals surface area contributed by atoms with E-state index >= 15 is 0 Å². The monoisotopic (exact) mass is 296 g/mol. The largest absolute Gasteiger partial charge is 0.335 e. The van der Waals surface area contributed by atoms with E-state index in [1.807, 2.05) is 0 Å². The zero-order valence-electron chi connectivity index (χ0n) is 11.9. The zero-order chi connectivity index (χ0) is 15.4. The number of pyridine rings is 1. The Morgan fingerprint density at radius 3 is 2.41 bits per heavy atom. The maximum Gasteiger partial charge on any atom is 0.319 e. The van der Waals surface area contributed by atoms with E-state index in [2.05, 4.69) is 20.9 Å². The van der Waals surface area contributed by atoms with Crippen molar-refractivity contribution in [3.05, 3.63) is 54.4 Å². The summed E-state index contributed by atoms with van der Waals surface area (Å²) in [5.74, 6) is -0.220. The highest BCUT2D eigenvalue weighted by atomic mass is 16.2. The summed E-state index contributed by atoms with van der Waals surface area (Å²) in [5.41, 5.74) is 1.80. The average Bonchev–Trinajstić information content (AvgIpc) is 3.32. The highest BCUT2D eigenvalue weighted by Crippen LogP contribution is 2.19. The summed E-state index contributed by atoms with van der Waals surface area (Å²) >= 11 is 0. The van der Waals surface area contributed by atoms with Crippen molar-refractivity contribution < 1.29 is 9.59 Å². The van der Waals surface area contributed by atoms with Crippen LogP contribution in [0, 0.1) is 0 Å². The Hall–Kier alpha value is -2.89. The maximum absolute atomic E-state index is 12.1. The number of amides is 3. The summed E-state index contributed by atoms with van der Waals surface area (Å²) < 4.78 is 0. The topological polar surface area (TPSA) is 83.1 Å². The van der Waals surface area contributed by atoms with Crippen LogP contribution in [0.1, 0.15) is 23.2 Å². The fourth-order valence-corrected chi connectivity index (χ4v) is 1.93. The van der Waals surface area contributed by atoms with E-state index in [0.29, 0.717) is 23.0 Å². The lowest BCUT2D eigenvalue weighted by Crippen LogP contribution is -2.30. The Labute approximate surface area is 127 Å². The van der Waals surface area contributed by atoms with Crippen LogP contribution in [0.5, 0.6) is 0 Å². The van der Waals surface area contributed by atoms with Gasteiger partial charge in [0.05, 0.1) is 11.9 Å². The van der Waals surface area contributed by atoms with Crippen molar-refractivity contribution in [1.82, 2.24) is 10.3 Å². The molecule has 1 aliphatic carbocycles. The molecule has 1 aromatic carbocycles. The van der Waals surface area contributed by atoms with Gasteiger partial charge in [0.2, 0.25) is 0 Å². The van der Waals surface area contributed by atoms with E-state index < -0.39 is 0 Å². The summed E-state index contributed by atoms with van der Waals surface area (Å²) in [6, 6.07) is 10.3. The lowest BCUT2D eigenvalue weighted by atomic mass is 10.2. The first-order valence-electron chi connectivity index (χ1n) is 7.10. The Morgan fingerprint density at radius 1 is 1.00 bits per heavy atom. The number of hydrogen-bond donors (Lipinski definition) is 3. The average molecular weight is 296 g/mol. The highest BCUT2D eigenvalue weighted by Gasteiger charge is 2.23. The normalized spacial score (nSPS) is 13.3.